The SMILES string of the molecule is COc1n[nH]c(C(=O)Nc2ccccc2C(N)=O)c1[N+](=O)[O-]. The number of rotatable bonds is 5. The highest BCUT2D eigenvalue weighted by atomic mass is 16.6. The lowest BCUT2D eigenvalue weighted by molar-refractivity contribution is -0.386. The van der Waals surface area contributed by atoms with E-state index in [9.17, 15) is 19.7 Å². The molecule has 0 aliphatic carbocycles. The molecule has 2 amide bonds. The minimum absolute atomic E-state index is 0.0741. The van der Waals surface area contributed by atoms with E-state index < -0.39 is 28.1 Å². The molecule has 0 aliphatic heterocycles. The van der Waals surface area contributed by atoms with Crippen molar-refractivity contribution in [2.45, 2.75) is 0 Å². The number of nitro groups is 1. The molecule has 10 nitrogen and oxygen atoms in total. The monoisotopic (exact) mass is 305 g/mol. The van der Waals surface area contributed by atoms with Gasteiger partial charge in [-0.2, -0.15) is 0 Å². The van der Waals surface area contributed by atoms with Gasteiger partial charge in [0.2, 0.25) is 5.69 Å². The van der Waals surface area contributed by atoms with Gasteiger partial charge in [-0.25, -0.2) is 0 Å². The molecular weight excluding hydrogens is 294 g/mol. The third-order valence-electron chi connectivity index (χ3n) is 2.75. The molecule has 10 heteroatoms. The fourth-order valence-corrected chi connectivity index (χ4v) is 1.78. The number of ether oxygens (including phenoxy) is 1. The molecule has 1 heterocycles. The smallest absolute Gasteiger partial charge is 0.362 e. The Hall–Kier alpha value is -3.43. The van der Waals surface area contributed by atoms with E-state index in [4.69, 9.17) is 10.5 Å². The normalized spacial score (nSPS) is 10.0. The molecule has 22 heavy (non-hydrogen) atoms. The Bertz CT molecular complexity index is 754. The first-order valence-electron chi connectivity index (χ1n) is 5.92. The number of hydrogen-bond acceptors (Lipinski definition) is 6. The third kappa shape index (κ3) is 2.70. The number of carbonyl (C=O) groups excluding carboxylic acids is 2. The number of methoxy groups -OCH3 is 1. The summed E-state index contributed by atoms with van der Waals surface area (Å²) >= 11 is 0. The Balaban J connectivity index is 2.37. The Labute approximate surface area is 123 Å². The van der Waals surface area contributed by atoms with Gasteiger partial charge >= 0.3 is 11.6 Å². The number of amides is 2. The summed E-state index contributed by atoms with van der Waals surface area (Å²) in [5.41, 5.74) is 4.39. The summed E-state index contributed by atoms with van der Waals surface area (Å²) in [6.45, 7) is 0. The lowest BCUT2D eigenvalue weighted by atomic mass is 10.1. The number of carbonyl (C=O) groups is 2. The summed E-state index contributed by atoms with van der Waals surface area (Å²) in [6.07, 6.45) is 0. The second-order valence-electron chi connectivity index (χ2n) is 4.08. The first-order valence-corrected chi connectivity index (χ1v) is 5.92. The van der Waals surface area contributed by atoms with Crippen LogP contribution in [0.2, 0.25) is 0 Å². The van der Waals surface area contributed by atoms with Crippen LogP contribution in [0.15, 0.2) is 24.3 Å². The summed E-state index contributed by atoms with van der Waals surface area (Å²) in [7, 11) is 1.19. The number of primary amides is 1. The minimum Gasteiger partial charge on any atom is -0.475 e. The third-order valence-corrected chi connectivity index (χ3v) is 2.75. The van der Waals surface area contributed by atoms with Crippen molar-refractivity contribution in [3.05, 3.63) is 45.6 Å². The summed E-state index contributed by atoms with van der Waals surface area (Å²) in [6, 6.07) is 6.00. The maximum Gasteiger partial charge on any atom is 0.362 e. The Morgan fingerprint density at radius 1 is 1.41 bits per heavy atom. The number of nitrogens with two attached hydrogens (primary N) is 1. The largest absolute Gasteiger partial charge is 0.475 e. The number of benzene rings is 1. The van der Waals surface area contributed by atoms with E-state index in [1.807, 2.05) is 0 Å². The van der Waals surface area contributed by atoms with Crippen LogP contribution in [0.1, 0.15) is 20.8 Å². The highest BCUT2D eigenvalue weighted by Crippen LogP contribution is 2.28. The van der Waals surface area contributed by atoms with Gasteiger partial charge in [0.05, 0.1) is 23.3 Å². The molecule has 114 valence electrons. The first-order chi connectivity index (χ1) is 10.5. The van der Waals surface area contributed by atoms with Crippen LogP contribution in [0.3, 0.4) is 0 Å². The second kappa shape index (κ2) is 5.91. The molecule has 0 fully saturated rings. The van der Waals surface area contributed by atoms with Crippen LogP contribution in [0.4, 0.5) is 11.4 Å². The average molecular weight is 305 g/mol. The lowest BCUT2D eigenvalue weighted by Crippen LogP contribution is -2.19. The van der Waals surface area contributed by atoms with E-state index in [0.29, 0.717) is 0 Å². The number of hydrogen-bond donors (Lipinski definition) is 3. The molecule has 0 spiro atoms. The van der Waals surface area contributed by atoms with Crippen molar-refractivity contribution in [2.24, 2.45) is 5.73 Å². The molecule has 0 saturated carbocycles. The van der Waals surface area contributed by atoms with E-state index >= 15 is 0 Å². The van der Waals surface area contributed by atoms with Crippen molar-refractivity contribution in [1.29, 1.82) is 0 Å². The highest BCUT2D eigenvalue weighted by Gasteiger charge is 2.30. The van der Waals surface area contributed by atoms with Crippen LogP contribution in [-0.4, -0.2) is 34.0 Å². The van der Waals surface area contributed by atoms with Gasteiger partial charge < -0.3 is 15.8 Å². The summed E-state index contributed by atoms with van der Waals surface area (Å²) in [5, 5.41) is 19.1. The van der Waals surface area contributed by atoms with E-state index in [2.05, 4.69) is 15.5 Å². The minimum atomic E-state index is -0.851. The quantitative estimate of drug-likeness (QED) is 0.545. The zero-order chi connectivity index (χ0) is 16.3. The zero-order valence-electron chi connectivity index (χ0n) is 11.3. The zero-order valence-corrected chi connectivity index (χ0v) is 11.3. The number of nitrogens with one attached hydrogen (secondary N) is 2. The van der Waals surface area contributed by atoms with Gasteiger partial charge in [0.15, 0.2) is 0 Å². The Morgan fingerprint density at radius 3 is 2.68 bits per heavy atom. The molecule has 4 N–H and O–H groups in total. The predicted molar refractivity (Wildman–Crippen MR) is 74.7 cm³/mol. The van der Waals surface area contributed by atoms with Crippen molar-refractivity contribution in [2.75, 3.05) is 12.4 Å². The van der Waals surface area contributed by atoms with Crippen LogP contribution in [0.5, 0.6) is 5.88 Å². The standard InChI is InChI=1S/C12H11N5O5/c1-22-12-9(17(20)21)8(15-16-12)11(19)14-7-5-3-2-4-6(7)10(13)18/h2-5H,1H3,(H2,13,18)(H,14,19)(H,15,16). The molecule has 0 radical (unpaired) electrons. The van der Waals surface area contributed by atoms with Gasteiger partial charge in [0.1, 0.15) is 0 Å². The Morgan fingerprint density at radius 2 is 2.09 bits per heavy atom. The maximum atomic E-state index is 12.1. The van der Waals surface area contributed by atoms with Gasteiger partial charge in [-0.3, -0.25) is 24.8 Å². The van der Waals surface area contributed by atoms with Gasteiger partial charge in [-0.1, -0.05) is 12.1 Å². The number of anilines is 1. The van der Waals surface area contributed by atoms with E-state index in [1.54, 1.807) is 12.1 Å². The number of aromatic amines is 1. The summed E-state index contributed by atoms with van der Waals surface area (Å²) < 4.78 is 4.71. The molecule has 0 aliphatic rings. The first kappa shape index (κ1) is 15.0. The maximum absolute atomic E-state index is 12.1. The van der Waals surface area contributed by atoms with Crippen LogP contribution in [0, 0.1) is 10.1 Å². The second-order valence-corrected chi connectivity index (χ2v) is 4.08. The lowest BCUT2D eigenvalue weighted by Gasteiger charge is -2.07. The molecular formula is C12H11N5O5. The fourth-order valence-electron chi connectivity index (χ4n) is 1.78. The number of para-hydroxylation sites is 1. The van der Waals surface area contributed by atoms with Crippen LogP contribution < -0.4 is 15.8 Å². The van der Waals surface area contributed by atoms with E-state index in [-0.39, 0.29) is 17.1 Å². The highest BCUT2D eigenvalue weighted by molar-refractivity contribution is 6.09. The number of nitrogens with zero attached hydrogens (tertiary/aromatic N) is 2. The summed E-state index contributed by atoms with van der Waals surface area (Å²) in [5.74, 6) is -1.91. The van der Waals surface area contributed by atoms with Crippen LogP contribution in [0.25, 0.3) is 0 Å². The topological polar surface area (TPSA) is 153 Å². The fraction of sp³-hybridized carbons (Fsp3) is 0.0833. The molecule has 0 bridgehead atoms. The number of aromatic nitrogens is 2. The van der Waals surface area contributed by atoms with E-state index in [0.717, 1.165) is 0 Å². The molecule has 2 rings (SSSR count). The van der Waals surface area contributed by atoms with Gasteiger partial charge in [0.25, 0.3) is 11.8 Å². The molecule has 0 atom stereocenters. The number of H-pyrrole nitrogens is 1. The van der Waals surface area contributed by atoms with Crippen molar-refractivity contribution >= 4 is 23.2 Å². The summed E-state index contributed by atoms with van der Waals surface area (Å²) in [4.78, 5) is 33.6. The molecule has 1 aromatic heterocycles. The predicted octanol–water partition coefficient (Wildman–Crippen LogP) is 0.678. The van der Waals surface area contributed by atoms with Gasteiger partial charge in [-0.15, -0.1) is 5.10 Å². The van der Waals surface area contributed by atoms with Crippen LogP contribution >= 0.6 is 0 Å². The molecule has 0 saturated heterocycles. The molecule has 1 aromatic carbocycles. The van der Waals surface area contributed by atoms with Crippen molar-refractivity contribution in [1.82, 2.24) is 10.2 Å². The van der Waals surface area contributed by atoms with E-state index in [1.165, 1.54) is 19.2 Å². The van der Waals surface area contributed by atoms with Crippen molar-refractivity contribution in [3.8, 4) is 5.88 Å². The molecule has 0 unspecified atom stereocenters. The van der Waals surface area contributed by atoms with Crippen molar-refractivity contribution < 1.29 is 19.2 Å². The van der Waals surface area contributed by atoms with Gasteiger partial charge in [0, 0.05) is 0 Å². The van der Waals surface area contributed by atoms with Crippen LogP contribution in [-0.2, 0) is 0 Å². The Kier molecular flexibility index (Phi) is 4.02. The average Bonchev–Trinajstić information content (AvgIpc) is 2.91. The van der Waals surface area contributed by atoms with Gasteiger partial charge in [-0.05, 0) is 12.1 Å². The molecule has 2 aromatic rings. The van der Waals surface area contributed by atoms with Crippen molar-refractivity contribution in [3.63, 3.8) is 0 Å².